The standard InChI is InChI=1S/C13H15N3O4/c1-4-5-10(12(18)19)16-11(17)6-9-7(2)14-13(20)15-8(9)3/h1,10H,5-6H2,2-3H3,(H,16,17)(H,18,19)(H,14,15,20). The molecule has 0 aliphatic rings. The van der Waals surface area contributed by atoms with Crippen LogP contribution in [0.3, 0.4) is 0 Å². The number of terminal acetylenes is 1. The molecule has 106 valence electrons. The number of rotatable bonds is 5. The number of aromatic nitrogens is 2. The Balaban J connectivity index is 2.84. The molecule has 7 heteroatoms. The molecule has 0 aliphatic carbocycles. The van der Waals surface area contributed by atoms with E-state index in [0.29, 0.717) is 17.0 Å². The summed E-state index contributed by atoms with van der Waals surface area (Å²) < 4.78 is 0. The summed E-state index contributed by atoms with van der Waals surface area (Å²) in [5.74, 6) is 0.510. The lowest BCUT2D eigenvalue weighted by atomic mass is 10.1. The molecule has 20 heavy (non-hydrogen) atoms. The van der Waals surface area contributed by atoms with Crippen LogP contribution in [0.5, 0.6) is 0 Å². The third kappa shape index (κ3) is 3.95. The van der Waals surface area contributed by atoms with Gasteiger partial charge >= 0.3 is 11.7 Å². The van der Waals surface area contributed by atoms with Crippen LogP contribution in [0.15, 0.2) is 4.79 Å². The molecule has 0 aliphatic heterocycles. The molecule has 0 saturated heterocycles. The van der Waals surface area contributed by atoms with E-state index in [9.17, 15) is 14.4 Å². The van der Waals surface area contributed by atoms with Gasteiger partial charge in [0.25, 0.3) is 0 Å². The van der Waals surface area contributed by atoms with Gasteiger partial charge in [0, 0.05) is 23.4 Å². The zero-order chi connectivity index (χ0) is 15.3. The Morgan fingerprint density at radius 2 is 2.15 bits per heavy atom. The maximum atomic E-state index is 11.8. The van der Waals surface area contributed by atoms with E-state index in [-0.39, 0.29) is 12.8 Å². The van der Waals surface area contributed by atoms with Crippen LogP contribution in [0.25, 0.3) is 0 Å². The van der Waals surface area contributed by atoms with Gasteiger partial charge in [-0.2, -0.15) is 4.98 Å². The van der Waals surface area contributed by atoms with Crippen molar-refractivity contribution in [2.45, 2.75) is 32.7 Å². The molecular formula is C13H15N3O4. The van der Waals surface area contributed by atoms with Crippen LogP contribution < -0.4 is 11.0 Å². The minimum Gasteiger partial charge on any atom is -0.480 e. The molecular weight excluding hydrogens is 262 g/mol. The van der Waals surface area contributed by atoms with Gasteiger partial charge in [0.1, 0.15) is 6.04 Å². The van der Waals surface area contributed by atoms with Crippen molar-refractivity contribution in [3.05, 3.63) is 27.4 Å². The molecule has 1 unspecified atom stereocenters. The molecule has 1 rings (SSSR count). The van der Waals surface area contributed by atoms with Gasteiger partial charge in [-0.1, -0.05) is 0 Å². The van der Waals surface area contributed by atoms with E-state index in [4.69, 9.17) is 11.5 Å². The van der Waals surface area contributed by atoms with E-state index in [1.54, 1.807) is 13.8 Å². The highest BCUT2D eigenvalue weighted by molar-refractivity contribution is 5.85. The first-order valence-electron chi connectivity index (χ1n) is 5.87. The van der Waals surface area contributed by atoms with Crippen molar-refractivity contribution in [2.75, 3.05) is 0 Å². The summed E-state index contributed by atoms with van der Waals surface area (Å²) in [7, 11) is 0. The summed E-state index contributed by atoms with van der Waals surface area (Å²) in [4.78, 5) is 40.0. The van der Waals surface area contributed by atoms with E-state index in [1.165, 1.54) is 0 Å². The van der Waals surface area contributed by atoms with Crippen molar-refractivity contribution in [2.24, 2.45) is 0 Å². The smallest absolute Gasteiger partial charge is 0.345 e. The molecule has 1 amide bonds. The Morgan fingerprint density at radius 3 is 2.65 bits per heavy atom. The van der Waals surface area contributed by atoms with Gasteiger partial charge < -0.3 is 15.4 Å². The number of nitrogens with one attached hydrogen (secondary N) is 2. The highest BCUT2D eigenvalue weighted by Crippen LogP contribution is 2.07. The van der Waals surface area contributed by atoms with E-state index in [0.717, 1.165) is 0 Å². The highest BCUT2D eigenvalue weighted by Gasteiger charge is 2.20. The second kappa shape index (κ2) is 6.52. The van der Waals surface area contributed by atoms with Crippen molar-refractivity contribution < 1.29 is 14.7 Å². The number of hydrogen-bond acceptors (Lipinski definition) is 4. The van der Waals surface area contributed by atoms with Gasteiger partial charge in [0.2, 0.25) is 5.91 Å². The molecule has 1 atom stereocenters. The summed E-state index contributed by atoms with van der Waals surface area (Å²) in [5.41, 5.74) is 1.04. The van der Waals surface area contributed by atoms with Crippen LogP contribution in [0.4, 0.5) is 0 Å². The lowest BCUT2D eigenvalue weighted by molar-refractivity contribution is -0.141. The number of aliphatic carboxylic acids is 1. The molecule has 0 spiro atoms. The number of H-pyrrole nitrogens is 1. The van der Waals surface area contributed by atoms with E-state index in [1.807, 2.05) is 0 Å². The second-order valence-electron chi connectivity index (χ2n) is 4.27. The Kier molecular flexibility index (Phi) is 5.03. The summed E-state index contributed by atoms with van der Waals surface area (Å²) in [6.07, 6.45) is 4.88. The van der Waals surface area contributed by atoms with Gasteiger partial charge in [-0.3, -0.25) is 4.79 Å². The van der Waals surface area contributed by atoms with Crippen molar-refractivity contribution in [1.29, 1.82) is 0 Å². The van der Waals surface area contributed by atoms with Gasteiger partial charge in [-0.05, 0) is 13.8 Å². The van der Waals surface area contributed by atoms with Crippen molar-refractivity contribution in [1.82, 2.24) is 15.3 Å². The lowest BCUT2D eigenvalue weighted by Crippen LogP contribution is -2.41. The minimum absolute atomic E-state index is 0.0736. The topological polar surface area (TPSA) is 112 Å². The quantitative estimate of drug-likeness (QED) is 0.629. The number of aromatic amines is 1. The number of carbonyl (C=O) groups excluding carboxylic acids is 1. The van der Waals surface area contributed by atoms with Crippen molar-refractivity contribution >= 4 is 11.9 Å². The molecule has 1 aromatic heterocycles. The SMILES string of the molecule is C#CCC(NC(=O)Cc1c(C)nc(=O)[nH]c1C)C(=O)O. The molecule has 0 radical (unpaired) electrons. The summed E-state index contributed by atoms with van der Waals surface area (Å²) >= 11 is 0. The monoisotopic (exact) mass is 277 g/mol. The molecule has 1 heterocycles. The molecule has 3 N–H and O–H groups in total. The minimum atomic E-state index is -1.19. The zero-order valence-electron chi connectivity index (χ0n) is 11.2. The molecule has 1 aromatic rings. The third-order valence-corrected chi connectivity index (χ3v) is 2.75. The average Bonchev–Trinajstić information content (AvgIpc) is 2.33. The molecule has 7 nitrogen and oxygen atoms in total. The van der Waals surface area contributed by atoms with Crippen LogP contribution in [-0.2, 0) is 16.0 Å². The fourth-order valence-corrected chi connectivity index (χ4v) is 1.74. The fraction of sp³-hybridized carbons (Fsp3) is 0.385. The maximum absolute atomic E-state index is 11.8. The first-order valence-corrected chi connectivity index (χ1v) is 5.87. The number of hydrogen-bond donors (Lipinski definition) is 3. The van der Waals surface area contributed by atoms with Crippen molar-refractivity contribution in [3.8, 4) is 12.3 Å². The Bertz CT molecular complexity index is 601. The zero-order valence-corrected chi connectivity index (χ0v) is 11.2. The molecule has 0 aromatic carbocycles. The molecule has 0 saturated carbocycles. The molecule has 0 bridgehead atoms. The van der Waals surface area contributed by atoms with E-state index < -0.39 is 23.6 Å². The van der Waals surface area contributed by atoms with Crippen LogP contribution in [0, 0.1) is 26.2 Å². The maximum Gasteiger partial charge on any atom is 0.345 e. The number of carbonyl (C=O) groups is 2. The average molecular weight is 277 g/mol. The Morgan fingerprint density at radius 1 is 1.50 bits per heavy atom. The van der Waals surface area contributed by atoms with E-state index in [2.05, 4.69) is 21.2 Å². The molecule has 0 fully saturated rings. The van der Waals surface area contributed by atoms with Gasteiger partial charge in [0.05, 0.1) is 6.42 Å². The summed E-state index contributed by atoms with van der Waals surface area (Å²) in [6.45, 7) is 3.26. The number of aryl methyl sites for hydroxylation is 2. The van der Waals surface area contributed by atoms with Crippen LogP contribution >= 0.6 is 0 Å². The summed E-state index contributed by atoms with van der Waals surface area (Å²) in [6, 6.07) is -1.12. The third-order valence-electron chi connectivity index (χ3n) is 2.75. The predicted molar refractivity (Wildman–Crippen MR) is 71.1 cm³/mol. The van der Waals surface area contributed by atoms with Gasteiger partial charge in [0.15, 0.2) is 0 Å². The predicted octanol–water partition coefficient (Wildman–Crippen LogP) is -0.478. The number of nitrogens with zero attached hydrogens (tertiary/aromatic N) is 1. The van der Waals surface area contributed by atoms with Crippen molar-refractivity contribution in [3.63, 3.8) is 0 Å². The van der Waals surface area contributed by atoms with Crippen LogP contribution in [-0.4, -0.2) is 33.0 Å². The largest absolute Gasteiger partial charge is 0.480 e. The number of carboxylic acids is 1. The number of amides is 1. The van der Waals surface area contributed by atoms with Gasteiger partial charge in [-0.15, -0.1) is 12.3 Å². The second-order valence-corrected chi connectivity index (χ2v) is 4.27. The number of carboxylic acid groups (broad SMARTS) is 1. The fourth-order valence-electron chi connectivity index (χ4n) is 1.74. The lowest BCUT2D eigenvalue weighted by Gasteiger charge is -2.13. The van der Waals surface area contributed by atoms with E-state index >= 15 is 0 Å². The Hall–Kier alpha value is -2.62. The summed E-state index contributed by atoms with van der Waals surface area (Å²) in [5, 5.41) is 11.2. The van der Waals surface area contributed by atoms with Gasteiger partial charge in [-0.25, -0.2) is 9.59 Å². The van der Waals surface area contributed by atoms with Crippen LogP contribution in [0.1, 0.15) is 23.4 Å². The first-order chi connectivity index (χ1) is 9.35. The first kappa shape index (κ1) is 15.4. The van der Waals surface area contributed by atoms with Crippen LogP contribution in [0.2, 0.25) is 0 Å². The normalized spacial score (nSPS) is 11.4. The highest BCUT2D eigenvalue weighted by atomic mass is 16.4. The Labute approximate surface area is 115 Å².